The van der Waals surface area contributed by atoms with E-state index in [0.717, 1.165) is 38.2 Å². The van der Waals surface area contributed by atoms with Crippen LogP contribution in [0.4, 0.5) is 0 Å². The first-order valence-corrected chi connectivity index (χ1v) is 6.85. The molecule has 0 spiro atoms. The smallest absolute Gasteiger partial charge is 0.274 e. The highest BCUT2D eigenvalue weighted by molar-refractivity contribution is 5.36. The largest absolute Gasteiger partial charge is 0.304 e. The third-order valence-electron chi connectivity index (χ3n) is 3.92. The normalized spacial score (nSPS) is 17.9. The lowest BCUT2D eigenvalue weighted by Crippen LogP contribution is -2.33. The van der Waals surface area contributed by atoms with E-state index in [4.69, 9.17) is 0 Å². The summed E-state index contributed by atoms with van der Waals surface area (Å²) >= 11 is 0. The third-order valence-corrected chi connectivity index (χ3v) is 3.92. The SMILES string of the molecule is CCN1CCC(c2ccc3nccc(=O)n3n2)CC1. The second-order valence-corrected chi connectivity index (χ2v) is 5.02. The molecule has 2 aromatic heterocycles. The van der Waals surface area contributed by atoms with Crippen LogP contribution in [-0.2, 0) is 0 Å². The fourth-order valence-electron chi connectivity index (χ4n) is 2.70. The molecule has 19 heavy (non-hydrogen) atoms. The Bertz CT molecular complexity index is 629. The molecule has 0 unspecified atom stereocenters. The fraction of sp³-hybridized carbons (Fsp3) is 0.500. The second-order valence-electron chi connectivity index (χ2n) is 5.02. The van der Waals surface area contributed by atoms with Crippen molar-refractivity contribution >= 4 is 5.65 Å². The van der Waals surface area contributed by atoms with Gasteiger partial charge in [-0.25, -0.2) is 4.98 Å². The van der Waals surface area contributed by atoms with Gasteiger partial charge in [0.2, 0.25) is 0 Å². The van der Waals surface area contributed by atoms with Crippen LogP contribution >= 0.6 is 0 Å². The molecule has 5 nitrogen and oxygen atoms in total. The van der Waals surface area contributed by atoms with E-state index in [0.29, 0.717) is 11.6 Å². The van der Waals surface area contributed by atoms with Gasteiger partial charge in [0.1, 0.15) is 0 Å². The zero-order valence-corrected chi connectivity index (χ0v) is 11.1. The monoisotopic (exact) mass is 258 g/mol. The molecule has 0 radical (unpaired) electrons. The van der Waals surface area contributed by atoms with Crippen molar-refractivity contribution in [2.75, 3.05) is 19.6 Å². The average Bonchev–Trinajstić information content (AvgIpc) is 2.47. The van der Waals surface area contributed by atoms with Crippen LogP contribution in [0.5, 0.6) is 0 Å². The van der Waals surface area contributed by atoms with Gasteiger partial charge in [0.05, 0.1) is 5.69 Å². The first kappa shape index (κ1) is 12.3. The Balaban J connectivity index is 1.90. The Morgan fingerprint density at radius 3 is 2.79 bits per heavy atom. The average molecular weight is 258 g/mol. The van der Waals surface area contributed by atoms with Crippen molar-refractivity contribution in [2.45, 2.75) is 25.7 Å². The molecule has 2 aromatic rings. The summed E-state index contributed by atoms with van der Waals surface area (Å²) in [5.74, 6) is 0.458. The molecule has 0 aromatic carbocycles. The molecule has 1 saturated heterocycles. The molecule has 0 amide bonds. The topological polar surface area (TPSA) is 50.5 Å². The standard InChI is InChI=1S/C14H18N4O/c1-2-17-9-6-11(7-10-17)12-3-4-13-15-8-5-14(19)18(13)16-12/h3-5,8,11H,2,6-7,9-10H2,1H3. The zero-order valence-electron chi connectivity index (χ0n) is 11.1. The summed E-state index contributed by atoms with van der Waals surface area (Å²) in [6, 6.07) is 5.34. The molecular weight excluding hydrogens is 240 g/mol. The van der Waals surface area contributed by atoms with Crippen molar-refractivity contribution < 1.29 is 0 Å². The van der Waals surface area contributed by atoms with Gasteiger partial charge in [-0.3, -0.25) is 4.79 Å². The minimum Gasteiger partial charge on any atom is -0.304 e. The van der Waals surface area contributed by atoms with Crippen LogP contribution in [0.1, 0.15) is 31.4 Å². The number of nitrogens with zero attached hydrogens (tertiary/aromatic N) is 4. The molecule has 0 aliphatic carbocycles. The first-order chi connectivity index (χ1) is 9.28. The molecule has 5 heteroatoms. The maximum Gasteiger partial charge on any atom is 0.274 e. The summed E-state index contributed by atoms with van der Waals surface area (Å²) < 4.78 is 1.40. The summed E-state index contributed by atoms with van der Waals surface area (Å²) in [4.78, 5) is 18.4. The summed E-state index contributed by atoms with van der Waals surface area (Å²) in [6.07, 6.45) is 3.75. The fourth-order valence-corrected chi connectivity index (χ4v) is 2.70. The van der Waals surface area contributed by atoms with E-state index in [1.165, 1.54) is 16.8 Å². The number of hydrogen-bond donors (Lipinski definition) is 0. The van der Waals surface area contributed by atoms with Crippen molar-refractivity contribution in [3.63, 3.8) is 0 Å². The first-order valence-electron chi connectivity index (χ1n) is 6.85. The number of fused-ring (bicyclic) bond motifs is 1. The lowest BCUT2D eigenvalue weighted by molar-refractivity contribution is 0.220. The van der Waals surface area contributed by atoms with Crippen molar-refractivity contribution in [3.8, 4) is 0 Å². The minimum atomic E-state index is -0.113. The van der Waals surface area contributed by atoms with E-state index >= 15 is 0 Å². The molecule has 0 saturated carbocycles. The Morgan fingerprint density at radius 2 is 2.05 bits per heavy atom. The Hall–Kier alpha value is -1.75. The maximum atomic E-state index is 11.8. The second kappa shape index (κ2) is 5.09. The number of piperidine rings is 1. The molecule has 0 bridgehead atoms. The highest BCUT2D eigenvalue weighted by Crippen LogP contribution is 2.26. The highest BCUT2D eigenvalue weighted by Gasteiger charge is 2.21. The molecule has 1 aliphatic heterocycles. The van der Waals surface area contributed by atoms with Gasteiger partial charge in [-0.2, -0.15) is 9.61 Å². The van der Waals surface area contributed by atoms with Crippen LogP contribution in [0.2, 0.25) is 0 Å². The molecule has 3 heterocycles. The summed E-state index contributed by atoms with van der Waals surface area (Å²) in [7, 11) is 0. The van der Waals surface area contributed by atoms with Crippen LogP contribution < -0.4 is 5.56 Å². The number of likely N-dealkylation sites (tertiary alicyclic amines) is 1. The van der Waals surface area contributed by atoms with Gasteiger partial charge in [-0.15, -0.1) is 0 Å². The van der Waals surface area contributed by atoms with E-state index in [2.05, 4.69) is 21.9 Å². The molecule has 3 rings (SSSR count). The van der Waals surface area contributed by atoms with Gasteiger partial charge in [0, 0.05) is 18.2 Å². The molecule has 0 atom stereocenters. The molecule has 100 valence electrons. The van der Waals surface area contributed by atoms with Crippen LogP contribution in [0.3, 0.4) is 0 Å². The van der Waals surface area contributed by atoms with Crippen LogP contribution in [0, 0.1) is 0 Å². The summed E-state index contributed by atoms with van der Waals surface area (Å²) in [5, 5.41) is 4.47. The molecule has 0 N–H and O–H groups in total. The van der Waals surface area contributed by atoms with Crippen molar-refractivity contribution in [2.24, 2.45) is 0 Å². The Kier molecular flexibility index (Phi) is 3.29. The lowest BCUT2D eigenvalue weighted by Gasteiger charge is -2.30. The summed E-state index contributed by atoms with van der Waals surface area (Å²) in [6.45, 7) is 5.53. The van der Waals surface area contributed by atoms with Gasteiger partial charge < -0.3 is 4.90 Å². The van der Waals surface area contributed by atoms with Gasteiger partial charge in [-0.1, -0.05) is 6.92 Å². The number of aromatic nitrogens is 3. The van der Waals surface area contributed by atoms with Gasteiger partial charge in [0.15, 0.2) is 5.65 Å². The van der Waals surface area contributed by atoms with E-state index in [-0.39, 0.29) is 5.56 Å². The van der Waals surface area contributed by atoms with Crippen LogP contribution in [0.15, 0.2) is 29.2 Å². The Morgan fingerprint density at radius 1 is 1.26 bits per heavy atom. The predicted molar refractivity (Wildman–Crippen MR) is 73.3 cm³/mol. The molecule has 1 aliphatic rings. The quantitative estimate of drug-likeness (QED) is 0.814. The van der Waals surface area contributed by atoms with Gasteiger partial charge >= 0.3 is 0 Å². The third kappa shape index (κ3) is 2.38. The minimum absolute atomic E-state index is 0.113. The molecule has 1 fully saturated rings. The van der Waals surface area contributed by atoms with Crippen LogP contribution in [-0.4, -0.2) is 39.1 Å². The lowest BCUT2D eigenvalue weighted by atomic mass is 9.93. The maximum absolute atomic E-state index is 11.8. The number of rotatable bonds is 2. The number of hydrogen-bond acceptors (Lipinski definition) is 4. The van der Waals surface area contributed by atoms with Crippen molar-refractivity contribution in [1.82, 2.24) is 19.5 Å². The highest BCUT2D eigenvalue weighted by atomic mass is 16.1. The Labute approximate surface area is 111 Å². The van der Waals surface area contributed by atoms with Crippen molar-refractivity contribution in [3.05, 3.63) is 40.4 Å². The van der Waals surface area contributed by atoms with E-state index in [9.17, 15) is 4.79 Å². The van der Waals surface area contributed by atoms with E-state index < -0.39 is 0 Å². The van der Waals surface area contributed by atoms with Gasteiger partial charge in [-0.05, 0) is 44.6 Å². The zero-order chi connectivity index (χ0) is 13.2. The predicted octanol–water partition coefficient (Wildman–Crippen LogP) is 1.29. The van der Waals surface area contributed by atoms with Gasteiger partial charge in [0.25, 0.3) is 5.56 Å². The van der Waals surface area contributed by atoms with Crippen LogP contribution in [0.25, 0.3) is 5.65 Å². The van der Waals surface area contributed by atoms with E-state index in [1.54, 1.807) is 0 Å². The van der Waals surface area contributed by atoms with E-state index in [1.807, 2.05) is 12.1 Å². The van der Waals surface area contributed by atoms with Crippen molar-refractivity contribution in [1.29, 1.82) is 0 Å². The molecular formula is C14H18N4O. The summed E-state index contributed by atoms with van der Waals surface area (Å²) in [5.41, 5.74) is 1.51.